The number of amides is 2. The fraction of sp³-hybridized carbons (Fsp3) is 0.667. The highest BCUT2D eigenvalue weighted by Crippen LogP contribution is 2.23. The van der Waals surface area contributed by atoms with Gasteiger partial charge in [0, 0.05) is 30.1 Å². The van der Waals surface area contributed by atoms with Crippen molar-refractivity contribution >= 4 is 23.8 Å². The molecular weight excluding hydrogens is 294 g/mol. The molecule has 1 saturated heterocycles. The summed E-state index contributed by atoms with van der Waals surface area (Å²) in [6, 6.07) is 0.113. The molecule has 9 heteroatoms. The average Bonchev–Trinajstić information content (AvgIpc) is 2.91. The molecule has 0 radical (unpaired) electrons. The van der Waals surface area contributed by atoms with Crippen LogP contribution in [-0.2, 0) is 6.54 Å². The molecule has 2 rings (SSSR count). The highest BCUT2D eigenvalue weighted by atomic mass is 32.2. The van der Waals surface area contributed by atoms with Gasteiger partial charge in [-0.15, -0.1) is 5.10 Å². The van der Waals surface area contributed by atoms with Gasteiger partial charge in [0.2, 0.25) is 0 Å². The molecule has 0 saturated carbocycles. The summed E-state index contributed by atoms with van der Waals surface area (Å²) in [6.07, 6.45) is 1.34. The molecule has 1 aromatic heterocycles. The lowest BCUT2D eigenvalue weighted by atomic mass is 10.2. The van der Waals surface area contributed by atoms with E-state index >= 15 is 0 Å². The van der Waals surface area contributed by atoms with Crippen molar-refractivity contribution in [1.29, 1.82) is 0 Å². The zero-order chi connectivity index (χ0) is 15.4. The van der Waals surface area contributed by atoms with Crippen LogP contribution in [0.4, 0.5) is 4.79 Å². The van der Waals surface area contributed by atoms with E-state index in [9.17, 15) is 9.59 Å². The number of carboxylic acid groups (broad SMARTS) is 1. The standard InChI is InChI=1S/C12H19N5O3S/c1-8-9(2)21-6-5-17(8)12(20)13-3-4-16-7-10(11(18)19)14-15-16/h7-9H,3-6H2,1-2H3,(H,13,20)(H,18,19). The van der Waals surface area contributed by atoms with Gasteiger partial charge >= 0.3 is 12.0 Å². The van der Waals surface area contributed by atoms with Crippen LogP contribution >= 0.6 is 11.8 Å². The Balaban J connectivity index is 1.79. The van der Waals surface area contributed by atoms with E-state index in [0.29, 0.717) is 18.3 Å². The van der Waals surface area contributed by atoms with Gasteiger partial charge in [-0.2, -0.15) is 11.8 Å². The Bertz CT molecular complexity index is 521. The van der Waals surface area contributed by atoms with Crippen LogP contribution in [0, 0.1) is 0 Å². The van der Waals surface area contributed by atoms with Crippen LogP contribution in [0.25, 0.3) is 0 Å². The van der Waals surface area contributed by atoms with Crippen LogP contribution in [0.15, 0.2) is 6.20 Å². The molecule has 1 aromatic rings. The first-order valence-electron chi connectivity index (χ1n) is 6.78. The Morgan fingerprint density at radius 3 is 2.95 bits per heavy atom. The number of nitrogens with one attached hydrogen (secondary N) is 1. The maximum atomic E-state index is 12.1. The Morgan fingerprint density at radius 2 is 2.29 bits per heavy atom. The van der Waals surface area contributed by atoms with E-state index in [-0.39, 0.29) is 17.8 Å². The highest BCUT2D eigenvalue weighted by Gasteiger charge is 2.28. The van der Waals surface area contributed by atoms with Gasteiger partial charge in [0.1, 0.15) is 0 Å². The van der Waals surface area contributed by atoms with Gasteiger partial charge in [0.05, 0.1) is 12.7 Å². The number of hydrogen-bond acceptors (Lipinski definition) is 5. The number of aromatic nitrogens is 3. The zero-order valence-electron chi connectivity index (χ0n) is 12.0. The van der Waals surface area contributed by atoms with Crippen molar-refractivity contribution in [2.75, 3.05) is 18.8 Å². The predicted octanol–water partition coefficient (Wildman–Crippen LogP) is 0.512. The number of urea groups is 1. The second kappa shape index (κ2) is 6.79. The third-order valence-electron chi connectivity index (χ3n) is 3.52. The molecule has 2 atom stereocenters. The van der Waals surface area contributed by atoms with E-state index in [1.54, 1.807) is 0 Å². The van der Waals surface area contributed by atoms with Crippen molar-refractivity contribution in [2.24, 2.45) is 0 Å². The molecule has 0 aliphatic carbocycles. The van der Waals surface area contributed by atoms with Gasteiger partial charge < -0.3 is 15.3 Å². The van der Waals surface area contributed by atoms with E-state index in [2.05, 4.69) is 22.6 Å². The number of carbonyl (C=O) groups excluding carboxylic acids is 1. The molecule has 1 aliphatic heterocycles. The van der Waals surface area contributed by atoms with Crippen LogP contribution < -0.4 is 5.32 Å². The van der Waals surface area contributed by atoms with Gasteiger partial charge in [0.15, 0.2) is 5.69 Å². The van der Waals surface area contributed by atoms with Crippen molar-refractivity contribution in [3.05, 3.63) is 11.9 Å². The Kier molecular flexibility index (Phi) is 5.05. The molecular formula is C12H19N5O3S. The maximum absolute atomic E-state index is 12.1. The van der Waals surface area contributed by atoms with Crippen molar-refractivity contribution in [3.8, 4) is 0 Å². The van der Waals surface area contributed by atoms with E-state index in [0.717, 1.165) is 12.3 Å². The van der Waals surface area contributed by atoms with Crippen molar-refractivity contribution in [2.45, 2.75) is 31.7 Å². The van der Waals surface area contributed by atoms with Crippen LogP contribution in [0.1, 0.15) is 24.3 Å². The van der Waals surface area contributed by atoms with Gasteiger partial charge in [-0.05, 0) is 6.92 Å². The minimum Gasteiger partial charge on any atom is -0.476 e. The number of nitrogens with zero attached hydrogens (tertiary/aromatic N) is 4. The molecule has 1 fully saturated rings. The third-order valence-corrected chi connectivity index (χ3v) is 4.86. The summed E-state index contributed by atoms with van der Waals surface area (Å²) in [6.45, 7) is 5.68. The predicted molar refractivity (Wildman–Crippen MR) is 78.5 cm³/mol. The average molecular weight is 313 g/mol. The van der Waals surface area contributed by atoms with Crippen LogP contribution in [0.5, 0.6) is 0 Å². The van der Waals surface area contributed by atoms with Gasteiger partial charge in [-0.3, -0.25) is 0 Å². The normalized spacial score (nSPS) is 22.1. The first-order chi connectivity index (χ1) is 9.99. The summed E-state index contributed by atoms with van der Waals surface area (Å²) in [4.78, 5) is 24.6. The van der Waals surface area contributed by atoms with Gasteiger partial charge in [0.25, 0.3) is 0 Å². The van der Waals surface area contributed by atoms with E-state index in [1.165, 1.54) is 10.9 Å². The molecule has 0 aromatic carbocycles. The number of aromatic carboxylic acids is 1. The molecule has 2 N–H and O–H groups in total. The smallest absolute Gasteiger partial charge is 0.358 e. The SMILES string of the molecule is CC1SCCN(C(=O)NCCn2cc(C(=O)O)nn2)C1C. The maximum Gasteiger partial charge on any atom is 0.358 e. The molecule has 2 unspecified atom stereocenters. The Hall–Kier alpha value is -1.77. The zero-order valence-corrected chi connectivity index (χ0v) is 12.8. The first kappa shape index (κ1) is 15.6. The molecule has 116 valence electrons. The molecule has 0 bridgehead atoms. The molecule has 8 nitrogen and oxygen atoms in total. The number of carboxylic acids is 1. The number of thioether (sulfide) groups is 1. The topological polar surface area (TPSA) is 100 Å². The number of carbonyl (C=O) groups is 2. The second-order valence-corrected chi connectivity index (χ2v) is 6.40. The number of hydrogen-bond donors (Lipinski definition) is 2. The minimum absolute atomic E-state index is 0.0896. The summed E-state index contributed by atoms with van der Waals surface area (Å²) in [5.41, 5.74) is -0.100. The summed E-state index contributed by atoms with van der Waals surface area (Å²) in [5, 5.41) is 19.2. The number of rotatable bonds is 4. The largest absolute Gasteiger partial charge is 0.476 e. The van der Waals surface area contributed by atoms with Gasteiger partial charge in [-0.1, -0.05) is 12.1 Å². The van der Waals surface area contributed by atoms with Crippen molar-refractivity contribution in [1.82, 2.24) is 25.2 Å². The molecule has 2 heterocycles. The van der Waals surface area contributed by atoms with Crippen LogP contribution in [0.2, 0.25) is 0 Å². The van der Waals surface area contributed by atoms with Crippen molar-refractivity contribution in [3.63, 3.8) is 0 Å². The quantitative estimate of drug-likeness (QED) is 0.840. The summed E-state index contributed by atoms with van der Waals surface area (Å²) < 4.78 is 1.40. The fourth-order valence-corrected chi connectivity index (χ4v) is 3.20. The van der Waals surface area contributed by atoms with E-state index in [4.69, 9.17) is 5.11 Å². The first-order valence-corrected chi connectivity index (χ1v) is 7.83. The fourth-order valence-electron chi connectivity index (χ4n) is 2.10. The summed E-state index contributed by atoms with van der Waals surface area (Å²) >= 11 is 1.87. The highest BCUT2D eigenvalue weighted by molar-refractivity contribution is 8.00. The minimum atomic E-state index is -1.11. The lowest BCUT2D eigenvalue weighted by Crippen LogP contribution is -2.52. The second-order valence-electron chi connectivity index (χ2n) is 4.91. The summed E-state index contributed by atoms with van der Waals surface area (Å²) in [7, 11) is 0. The third kappa shape index (κ3) is 3.87. The molecule has 0 spiro atoms. The Morgan fingerprint density at radius 1 is 1.52 bits per heavy atom. The van der Waals surface area contributed by atoms with E-state index < -0.39 is 5.97 Å². The Labute approximate surface area is 126 Å². The summed E-state index contributed by atoms with van der Waals surface area (Å²) in [5.74, 6) is -0.164. The van der Waals surface area contributed by atoms with Crippen LogP contribution in [-0.4, -0.2) is 67.1 Å². The lowest BCUT2D eigenvalue weighted by molar-refractivity contribution is 0.0690. The molecule has 21 heavy (non-hydrogen) atoms. The van der Waals surface area contributed by atoms with Crippen molar-refractivity contribution < 1.29 is 14.7 Å². The lowest BCUT2D eigenvalue weighted by Gasteiger charge is -2.37. The van der Waals surface area contributed by atoms with E-state index in [1.807, 2.05) is 23.6 Å². The molecule has 2 amide bonds. The van der Waals surface area contributed by atoms with Gasteiger partial charge in [-0.25, -0.2) is 14.3 Å². The molecule has 1 aliphatic rings. The van der Waals surface area contributed by atoms with Crippen LogP contribution in [0.3, 0.4) is 0 Å². The monoisotopic (exact) mass is 313 g/mol.